The first-order chi connectivity index (χ1) is 13.1. The summed E-state index contributed by atoms with van der Waals surface area (Å²) in [5.41, 5.74) is 3.26. The largest absolute Gasteiger partial charge is 0.489 e. The fraction of sp³-hybridized carbons (Fsp3) is 0.333. The van der Waals surface area contributed by atoms with Gasteiger partial charge in [-0.25, -0.2) is 4.98 Å². The molecule has 1 aromatic heterocycles. The Kier molecular flexibility index (Phi) is 5.96. The van der Waals surface area contributed by atoms with Crippen LogP contribution < -0.4 is 15.4 Å². The molecule has 0 spiro atoms. The standard InChI is InChI=1S/C21H27N5O/c1-15-9-5-8-12-19(15)27-16(2)13-23-21(22-3)24-14-20-25-17-10-6-7-11-18(17)26(20)4/h5-12,16H,13-14H2,1-4H3,(H2,22,23,24). The highest BCUT2D eigenvalue weighted by atomic mass is 16.5. The Balaban J connectivity index is 1.53. The van der Waals surface area contributed by atoms with Crippen LogP contribution in [0.3, 0.4) is 0 Å². The van der Waals surface area contributed by atoms with E-state index in [2.05, 4.69) is 31.2 Å². The van der Waals surface area contributed by atoms with Gasteiger partial charge < -0.3 is 19.9 Å². The van der Waals surface area contributed by atoms with Gasteiger partial charge in [0.1, 0.15) is 17.7 Å². The summed E-state index contributed by atoms with van der Waals surface area (Å²) < 4.78 is 8.10. The molecule has 3 aromatic rings. The van der Waals surface area contributed by atoms with Gasteiger partial charge in [-0.3, -0.25) is 4.99 Å². The van der Waals surface area contributed by atoms with E-state index in [9.17, 15) is 0 Å². The van der Waals surface area contributed by atoms with Crippen molar-refractivity contribution in [3.8, 4) is 5.75 Å². The van der Waals surface area contributed by atoms with Crippen molar-refractivity contribution in [2.45, 2.75) is 26.5 Å². The number of nitrogens with zero attached hydrogens (tertiary/aromatic N) is 3. The molecule has 0 saturated heterocycles. The minimum absolute atomic E-state index is 0.0143. The van der Waals surface area contributed by atoms with Crippen molar-refractivity contribution >= 4 is 17.0 Å². The Labute approximate surface area is 160 Å². The summed E-state index contributed by atoms with van der Waals surface area (Å²) in [4.78, 5) is 8.96. The van der Waals surface area contributed by atoms with Gasteiger partial charge in [0, 0.05) is 14.1 Å². The summed E-state index contributed by atoms with van der Waals surface area (Å²) in [7, 11) is 3.79. The minimum atomic E-state index is 0.0143. The Morgan fingerprint density at radius 1 is 1.15 bits per heavy atom. The summed E-state index contributed by atoms with van der Waals surface area (Å²) in [5, 5.41) is 6.63. The maximum Gasteiger partial charge on any atom is 0.191 e. The molecule has 0 amide bonds. The van der Waals surface area contributed by atoms with E-state index in [1.165, 1.54) is 0 Å². The third kappa shape index (κ3) is 4.58. The van der Waals surface area contributed by atoms with Crippen molar-refractivity contribution in [3.63, 3.8) is 0 Å². The highest BCUT2D eigenvalue weighted by molar-refractivity contribution is 5.80. The average molecular weight is 365 g/mol. The summed E-state index contributed by atoms with van der Waals surface area (Å²) in [6.07, 6.45) is 0.0143. The fourth-order valence-electron chi connectivity index (χ4n) is 2.92. The molecule has 2 N–H and O–H groups in total. The second-order valence-electron chi connectivity index (χ2n) is 6.58. The average Bonchev–Trinajstić information content (AvgIpc) is 3.00. The lowest BCUT2D eigenvalue weighted by Gasteiger charge is -2.18. The van der Waals surface area contributed by atoms with Gasteiger partial charge >= 0.3 is 0 Å². The molecule has 3 rings (SSSR count). The van der Waals surface area contributed by atoms with Crippen LogP contribution in [0.2, 0.25) is 0 Å². The van der Waals surface area contributed by atoms with E-state index in [0.717, 1.165) is 34.1 Å². The Hall–Kier alpha value is -3.02. The number of hydrogen-bond donors (Lipinski definition) is 2. The van der Waals surface area contributed by atoms with Crippen LogP contribution in [0.4, 0.5) is 0 Å². The van der Waals surface area contributed by atoms with Crippen LogP contribution in [0, 0.1) is 6.92 Å². The van der Waals surface area contributed by atoms with Crippen LogP contribution in [0.15, 0.2) is 53.5 Å². The van der Waals surface area contributed by atoms with Crippen molar-refractivity contribution in [2.75, 3.05) is 13.6 Å². The first-order valence-electron chi connectivity index (χ1n) is 9.15. The normalized spacial score (nSPS) is 12.8. The van der Waals surface area contributed by atoms with Gasteiger partial charge in [-0.2, -0.15) is 0 Å². The number of nitrogens with one attached hydrogen (secondary N) is 2. The summed E-state index contributed by atoms with van der Waals surface area (Å²) >= 11 is 0. The first-order valence-corrected chi connectivity index (χ1v) is 9.15. The van der Waals surface area contributed by atoms with Gasteiger partial charge in [0.05, 0.1) is 24.1 Å². The predicted octanol–water partition coefficient (Wildman–Crippen LogP) is 3.01. The number of aliphatic imine (C=N–C) groups is 1. The smallest absolute Gasteiger partial charge is 0.191 e. The molecule has 0 aliphatic heterocycles. The number of hydrogen-bond acceptors (Lipinski definition) is 3. The predicted molar refractivity (Wildman–Crippen MR) is 110 cm³/mol. The zero-order chi connectivity index (χ0) is 19.2. The molecule has 27 heavy (non-hydrogen) atoms. The number of para-hydroxylation sites is 3. The van der Waals surface area contributed by atoms with Crippen LogP contribution in [-0.2, 0) is 13.6 Å². The molecule has 0 radical (unpaired) electrons. The maximum absolute atomic E-state index is 6.00. The van der Waals surface area contributed by atoms with Crippen LogP contribution in [0.1, 0.15) is 18.3 Å². The number of benzene rings is 2. The highest BCUT2D eigenvalue weighted by Gasteiger charge is 2.10. The lowest BCUT2D eigenvalue weighted by atomic mass is 10.2. The van der Waals surface area contributed by atoms with Crippen molar-refractivity contribution in [1.82, 2.24) is 20.2 Å². The Morgan fingerprint density at radius 2 is 1.89 bits per heavy atom. The molecule has 1 unspecified atom stereocenters. The summed E-state index contributed by atoms with van der Waals surface area (Å²) in [6.45, 7) is 5.33. The topological polar surface area (TPSA) is 63.5 Å². The number of imidazole rings is 1. The quantitative estimate of drug-likeness (QED) is 0.521. The fourth-order valence-corrected chi connectivity index (χ4v) is 2.92. The van der Waals surface area contributed by atoms with Crippen molar-refractivity contribution in [1.29, 1.82) is 0 Å². The molecule has 2 aromatic carbocycles. The van der Waals surface area contributed by atoms with Crippen LogP contribution in [0.25, 0.3) is 11.0 Å². The third-order valence-electron chi connectivity index (χ3n) is 4.50. The van der Waals surface area contributed by atoms with Gasteiger partial charge in [-0.1, -0.05) is 30.3 Å². The first kappa shape index (κ1) is 18.8. The number of aryl methyl sites for hydroxylation is 2. The monoisotopic (exact) mass is 365 g/mol. The molecule has 1 heterocycles. The molecular formula is C21H27N5O. The molecular weight excluding hydrogens is 338 g/mol. The lowest BCUT2D eigenvalue weighted by Crippen LogP contribution is -2.41. The van der Waals surface area contributed by atoms with Crippen LogP contribution in [-0.4, -0.2) is 35.2 Å². The summed E-state index contributed by atoms with van der Waals surface area (Å²) in [5.74, 6) is 2.60. The van der Waals surface area contributed by atoms with E-state index in [1.54, 1.807) is 7.05 Å². The number of rotatable bonds is 6. The molecule has 0 fully saturated rings. The molecule has 0 aliphatic carbocycles. The lowest BCUT2D eigenvalue weighted by molar-refractivity contribution is 0.222. The van der Waals surface area contributed by atoms with E-state index >= 15 is 0 Å². The Bertz CT molecular complexity index is 931. The van der Waals surface area contributed by atoms with Gasteiger partial charge in [0.15, 0.2) is 5.96 Å². The third-order valence-corrected chi connectivity index (χ3v) is 4.50. The second-order valence-corrected chi connectivity index (χ2v) is 6.58. The molecule has 0 aliphatic rings. The zero-order valence-corrected chi connectivity index (χ0v) is 16.4. The van der Waals surface area contributed by atoms with Gasteiger partial charge in [0.2, 0.25) is 0 Å². The van der Waals surface area contributed by atoms with E-state index in [0.29, 0.717) is 13.1 Å². The second kappa shape index (κ2) is 8.58. The van der Waals surface area contributed by atoms with Crippen LogP contribution in [0.5, 0.6) is 5.75 Å². The molecule has 1 atom stereocenters. The van der Waals surface area contributed by atoms with Gasteiger partial charge in [0.25, 0.3) is 0 Å². The van der Waals surface area contributed by atoms with Crippen LogP contribution >= 0.6 is 0 Å². The minimum Gasteiger partial charge on any atom is -0.489 e. The van der Waals surface area contributed by atoms with Crippen molar-refractivity contribution in [2.24, 2.45) is 12.0 Å². The SMILES string of the molecule is CN=C(NCc1nc2ccccc2n1C)NCC(C)Oc1ccccc1C. The van der Waals surface area contributed by atoms with Crippen molar-refractivity contribution in [3.05, 3.63) is 59.9 Å². The van der Waals surface area contributed by atoms with Gasteiger partial charge in [-0.05, 0) is 37.6 Å². The zero-order valence-electron chi connectivity index (χ0n) is 16.4. The molecule has 0 bridgehead atoms. The molecule has 0 saturated carbocycles. The van der Waals surface area contributed by atoms with E-state index in [-0.39, 0.29) is 6.10 Å². The number of aromatic nitrogens is 2. The van der Waals surface area contributed by atoms with E-state index in [1.807, 2.05) is 63.4 Å². The maximum atomic E-state index is 6.00. The van der Waals surface area contributed by atoms with Crippen molar-refractivity contribution < 1.29 is 4.74 Å². The molecule has 6 nitrogen and oxygen atoms in total. The molecule has 6 heteroatoms. The number of guanidine groups is 1. The Morgan fingerprint density at radius 3 is 2.63 bits per heavy atom. The van der Waals surface area contributed by atoms with E-state index < -0.39 is 0 Å². The van der Waals surface area contributed by atoms with Gasteiger partial charge in [-0.15, -0.1) is 0 Å². The van der Waals surface area contributed by atoms with E-state index in [4.69, 9.17) is 4.74 Å². The number of fused-ring (bicyclic) bond motifs is 1. The number of ether oxygens (including phenoxy) is 1. The summed E-state index contributed by atoms with van der Waals surface area (Å²) in [6, 6.07) is 16.2. The highest BCUT2D eigenvalue weighted by Crippen LogP contribution is 2.17. The molecule has 142 valence electrons.